The molecule has 0 aliphatic rings. The molecule has 0 saturated heterocycles. The fourth-order valence-electron chi connectivity index (χ4n) is 2.05. The van der Waals surface area contributed by atoms with E-state index in [0.29, 0.717) is 6.42 Å². The summed E-state index contributed by atoms with van der Waals surface area (Å²) in [6.07, 6.45) is 0.469. The molecule has 20 heavy (non-hydrogen) atoms. The zero-order chi connectivity index (χ0) is 15.1. The Labute approximate surface area is 119 Å². The number of carbonyl (C=O) groups excluding carboxylic acids is 1. The maximum absolute atomic E-state index is 12.0. The van der Waals surface area contributed by atoms with Crippen LogP contribution < -0.4 is 0 Å². The number of carboxylic acids is 1. The van der Waals surface area contributed by atoms with Gasteiger partial charge in [-0.05, 0) is 17.9 Å². The number of ether oxygens (including phenoxy) is 1. The molecule has 2 atom stereocenters. The minimum absolute atomic E-state index is 0.179. The molecule has 0 aromatic heterocycles. The van der Waals surface area contributed by atoms with Gasteiger partial charge in [-0.3, -0.25) is 9.59 Å². The van der Waals surface area contributed by atoms with Gasteiger partial charge >= 0.3 is 11.9 Å². The smallest absolute Gasteiger partial charge is 0.309 e. The summed E-state index contributed by atoms with van der Waals surface area (Å²) in [5.74, 6) is -2.51. The summed E-state index contributed by atoms with van der Waals surface area (Å²) < 4.78 is 5.20. The highest BCUT2D eigenvalue weighted by Crippen LogP contribution is 2.22. The Kier molecular flexibility index (Phi) is 6.22. The summed E-state index contributed by atoms with van der Waals surface area (Å²) in [5.41, 5.74) is 0.892. The van der Waals surface area contributed by atoms with Gasteiger partial charge in [0, 0.05) is 0 Å². The maximum atomic E-state index is 12.0. The van der Waals surface area contributed by atoms with Crippen LogP contribution in [0.25, 0.3) is 0 Å². The topological polar surface area (TPSA) is 63.6 Å². The predicted molar refractivity (Wildman–Crippen MR) is 76.0 cm³/mol. The number of carboxylic acid groups (broad SMARTS) is 1. The zero-order valence-electron chi connectivity index (χ0n) is 12.2. The highest BCUT2D eigenvalue weighted by molar-refractivity contribution is 5.80. The van der Waals surface area contributed by atoms with Crippen molar-refractivity contribution in [2.24, 2.45) is 17.8 Å². The van der Waals surface area contributed by atoms with Crippen molar-refractivity contribution < 1.29 is 19.4 Å². The number of hydrogen-bond acceptors (Lipinski definition) is 3. The van der Waals surface area contributed by atoms with Gasteiger partial charge in [-0.1, -0.05) is 51.1 Å². The van der Waals surface area contributed by atoms with Gasteiger partial charge in [0.25, 0.3) is 0 Å². The Bertz CT molecular complexity index is 439. The molecule has 4 nitrogen and oxygen atoms in total. The van der Waals surface area contributed by atoms with E-state index in [9.17, 15) is 14.7 Å². The van der Waals surface area contributed by atoms with Crippen LogP contribution >= 0.6 is 0 Å². The van der Waals surface area contributed by atoms with E-state index in [2.05, 4.69) is 0 Å². The first-order valence-corrected chi connectivity index (χ1v) is 6.85. The van der Waals surface area contributed by atoms with Gasteiger partial charge in [0.05, 0.1) is 11.8 Å². The quantitative estimate of drug-likeness (QED) is 0.778. The molecule has 0 amide bonds. The fraction of sp³-hybridized carbons (Fsp3) is 0.500. The Hall–Kier alpha value is -1.84. The highest BCUT2D eigenvalue weighted by Gasteiger charge is 2.31. The van der Waals surface area contributed by atoms with Crippen LogP contribution in [-0.2, 0) is 20.9 Å². The molecule has 1 aromatic rings. The van der Waals surface area contributed by atoms with Crippen molar-refractivity contribution in [1.29, 1.82) is 0 Å². The lowest BCUT2D eigenvalue weighted by atomic mass is 9.86. The standard InChI is InChI=1S/C16H22O4/c1-11(2)9-14(15(17)18)12(3)16(19)20-10-13-7-5-4-6-8-13/h4-8,11-12,14H,9-10H2,1-3H3,(H,17,18)/t12-,14?/m0/s1. The Morgan fingerprint density at radius 3 is 2.25 bits per heavy atom. The molecule has 0 saturated carbocycles. The van der Waals surface area contributed by atoms with Crippen LogP contribution in [0.1, 0.15) is 32.8 Å². The second kappa shape index (κ2) is 7.68. The molecule has 1 unspecified atom stereocenters. The van der Waals surface area contributed by atoms with E-state index in [-0.39, 0.29) is 12.5 Å². The van der Waals surface area contributed by atoms with Crippen molar-refractivity contribution in [2.45, 2.75) is 33.8 Å². The van der Waals surface area contributed by atoms with Gasteiger partial charge in [-0.15, -0.1) is 0 Å². The van der Waals surface area contributed by atoms with E-state index in [1.807, 2.05) is 44.2 Å². The van der Waals surface area contributed by atoms with Crippen LogP contribution in [0.4, 0.5) is 0 Å². The lowest BCUT2D eigenvalue weighted by molar-refractivity contribution is -0.158. The van der Waals surface area contributed by atoms with Crippen molar-refractivity contribution in [3.05, 3.63) is 35.9 Å². The summed E-state index contributed by atoms with van der Waals surface area (Å²) in [5, 5.41) is 9.22. The third-order valence-electron chi connectivity index (χ3n) is 3.24. The first kappa shape index (κ1) is 16.2. The highest BCUT2D eigenvalue weighted by atomic mass is 16.5. The molecule has 0 radical (unpaired) electrons. The SMILES string of the molecule is CC(C)CC(C(=O)O)[C@H](C)C(=O)OCc1ccccc1. The van der Waals surface area contributed by atoms with Crippen molar-refractivity contribution in [3.8, 4) is 0 Å². The molecule has 1 N–H and O–H groups in total. The number of aliphatic carboxylic acids is 1. The second-order valence-electron chi connectivity index (χ2n) is 5.46. The zero-order valence-corrected chi connectivity index (χ0v) is 12.2. The van der Waals surface area contributed by atoms with E-state index >= 15 is 0 Å². The monoisotopic (exact) mass is 278 g/mol. The molecular weight excluding hydrogens is 256 g/mol. The largest absolute Gasteiger partial charge is 0.481 e. The van der Waals surface area contributed by atoms with E-state index < -0.39 is 23.8 Å². The van der Waals surface area contributed by atoms with Crippen LogP contribution in [-0.4, -0.2) is 17.0 Å². The maximum Gasteiger partial charge on any atom is 0.309 e. The Morgan fingerprint density at radius 2 is 1.75 bits per heavy atom. The minimum Gasteiger partial charge on any atom is -0.481 e. The second-order valence-corrected chi connectivity index (χ2v) is 5.46. The summed E-state index contributed by atoms with van der Waals surface area (Å²) in [4.78, 5) is 23.2. The van der Waals surface area contributed by atoms with Crippen LogP contribution in [0.5, 0.6) is 0 Å². The molecule has 4 heteroatoms. The van der Waals surface area contributed by atoms with Gasteiger partial charge in [0.1, 0.15) is 6.61 Å². The molecule has 1 aromatic carbocycles. The summed E-state index contributed by atoms with van der Waals surface area (Å²) in [7, 11) is 0. The van der Waals surface area contributed by atoms with Gasteiger partial charge in [0.2, 0.25) is 0 Å². The van der Waals surface area contributed by atoms with Crippen molar-refractivity contribution in [2.75, 3.05) is 0 Å². The number of hydrogen-bond donors (Lipinski definition) is 1. The molecule has 0 fully saturated rings. The molecule has 0 aliphatic carbocycles. The summed E-state index contributed by atoms with van der Waals surface area (Å²) in [6, 6.07) is 9.34. The Morgan fingerprint density at radius 1 is 1.15 bits per heavy atom. The molecular formula is C16H22O4. The predicted octanol–water partition coefficient (Wildman–Crippen LogP) is 3.11. The van der Waals surface area contributed by atoms with Crippen LogP contribution in [0, 0.1) is 17.8 Å². The normalized spacial score (nSPS) is 13.8. The third kappa shape index (κ3) is 5.03. The number of carbonyl (C=O) groups is 2. The molecule has 0 spiro atoms. The molecule has 0 bridgehead atoms. The average Bonchev–Trinajstić information content (AvgIpc) is 2.42. The van der Waals surface area contributed by atoms with Crippen molar-refractivity contribution in [3.63, 3.8) is 0 Å². The minimum atomic E-state index is -0.942. The van der Waals surface area contributed by atoms with E-state index in [0.717, 1.165) is 5.56 Å². The van der Waals surface area contributed by atoms with Gasteiger partial charge < -0.3 is 9.84 Å². The van der Waals surface area contributed by atoms with E-state index in [1.54, 1.807) is 6.92 Å². The van der Waals surface area contributed by atoms with Crippen molar-refractivity contribution in [1.82, 2.24) is 0 Å². The number of rotatable bonds is 7. The van der Waals surface area contributed by atoms with Gasteiger partial charge in [-0.25, -0.2) is 0 Å². The van der Waals surface area contributed by atoms with Crippen LogP contribution in [0.3, 0.4) is 0 Å². The van der Waals surface area contributed by atoms with Gasteiger partial charge in [-0.2, -0.15) is 0 Å². The summed E-state index contributed by atoms with van der Waals surface area (Å²) >= 11 is 0. The first-order chi connectivity index (χ1) is 9.41. The average molecular weight is 278 g/mol. The summed E-state index contributed by atoms with van der Waals surface area (Å²) in [6.45, 7) is 5.68. The third-order valence-corrected chi connectivity index (χ3v) is 3.24. The lowest BCUT2D eigenvalue weighted by Gasteiger charge is -2.20. The molecule has 110 valence electrons. The molecule has 0 heterocycles. The Balaban J connectivity index is 2.58. The van der Waals surface area contributed by atoms with E-state index in [4.69, 9.17) is 4.74 Å². The number of esters is 1. The van der Waals surface area contributed by atoms with Crippen LogP contribution in [0.2, 0.25) is 0 Å². The number of benzene rings is 1. The van der Waals surface area contributed by atoms with Crippen LogP contribution in [0.15, 0.2) is 30.3 Å². The fourth-order valence-corrected chi connectivity index (χ4v) is 2.05. The van der Waals surface area contributed by atoms with Crippen molar-refractivity contribution >= 4 is 11.9 Å². The van der Waals surface area contributed by atoms with E-state index in [1.165, 1.54) is 0 Å². The molecule has 0 aliphatic heterocycles. The first-order valence-electron chi connectivity index (χ1n) is 6.85. The molecule has 1 rings (SSSR count). The van der Waals surface area contributed by atoms with Gasteiger partial charge in [0.15, 0.2) is 0 Å². The lowest BCUT2D eigenvalue weighted by Crippen LogP contribution is -2.30.